The third-order valence-electron chi connectivity index (χ3n) is 4.72. The van der Waals surface area contributed by atoms with Crippen molar-refractivity contribution in [2.75, 3.05) is 6.54 Å². The molecule has 2 aliphatic carbocycles. The van der Waals surface area contributed by atoms with Crippen molar-refractivity contribution in [3.63, 3.8) is 0 Å². The first-order chi connectivity index (χ1) is 9.72. The van der Waals surface area contributed by atoms with Crippen molar-refractivity contribution < 1.29 is 8.78 Å². The van der Waals surface area contributed by atoms with Crippen molar-refractivity contribution in [2.45, 2.75) is 56.9 Å². The Morgan fingerprint density at radius 2 is 1.60 bits per heavy atom. The fraction of sp³-hybridized carbons (Fsp3) is 0.647. The predicted octanol–water partition coefficient (Wildman–Crippen LogP) is 4.38. The van der Waals surface area contributed by atoms with Gasteiger partial charge in [-0.25, -0.2) is 8.78 Å². The van der Waals surface area contributed by atoms with Crippen LogP contribution < -0.4 is 5.32 Å². The number of halogens is 2. The van der Waals surface area contributed by atoms with E-state index in [1.807, 2.05) is 0 Å². The van der Waals surface area contributed by atoms with Crippen LogP contribution >= 0.6 is 0 Å². The molecule has 0 saturated heterocycles. The first-order valence-electron chi connectivity index (χ1n) is 7.92. The zero-order chi connectivity index (χ0) is 13.9. The van der Waals surface area contributed by atoms with Crippen LogP contribution in [0.1, 0.15) is 56.4 Å². The number of nitrogens with one attached hydrogen (secondary N) is 1. The Kier molecular flexibility index (Phi) is 4.35. The van der Waals surface area contributed by atoms with E-state index in [-0.39, 0.29) is 0 Å². The standard InChI is InChI=1S/C17H23F2N/c18-14-8-13(9-15(19)10-14)17-5-3-1-2-4-12(17)11-20-16-6-7-16/h8-10,12,16-17,20H,1-7,11H2. The van der Waals surface area contributed by atoms with E-state index in [2.05, 4.69) is 5.32 Å². The van der Waals surface area contributed by atoms with Crippen LogP contribution in [0, 0.1) is 17.6 Å². The molecule has 0 aliphatic heterocycles. The third-order valence-corrected chi connectivity index (χ3v) is 4.72. The summed E-state index contributed by atoms with van der Waals surface area (Å²) in [5, 5.41) is 3.60. The molecule has 1 aromatic rings. The largest absolute Gasteiger partial charge is 0.314 e. The molecule has 1 nitrogen and oxygen atoms in total. The second-order valence-corrected chi connectivity index (χ2v) is 6.39. The molecule has 0 heterocycles. The Balaban J connectivity index is 1.77. The van der Waals surface area contributed by atoms with Crippen LogP contribution in [0.25, 0.3) is 0 Å². The summed E-state index contributed by atoms with van der Waals surface area (Å²) in [6.45, 7) is 0.994. The fourth-order valence-corrected chi connectivity index (χ4v) is 3.46. The minimum absolute atomic E-state index is 0.300. The lowest BCUT2D eigenvalue weighted by atomic mass is 9.82. The highest BCUT2D eigenvalue weighted by atomic mass is 19.1. The lowest BCUT2D eigenvalue weighted by Crippen LogP contribution is -2.28. The molecule has 0 spiro atoms. The molecule has 0 bridgehead atoms. The zero-order valence-corrected chi connectivity index (χ0v) is 11.9. The van der Waals surface area contributed by atoms with Crippen LogP contribution in [0.3, 0.4) is 0 Å². The van der Waals surface area contributed by atoms with Crippen molar-refractivity contribution in [3.8, 4) is 0 Å². The first-order valence-corrected chi connectivity index (χ1v) is 7.92. The number of benzene rings is 1. The number of rotatable bonds is 4. The van der Waals surface area contributed by atoms with Gasteiger partial charge in [-0.15, -0.1) is 0 Å². The van der Waals surface area contributed by atoms with E-state index in [1.54, 1.807) is 0 Å². The van der Waals surface area contributed by atoms with Gasteiger partial charge in [-0.1, -0.05) is 19.3 Å². The van der Waals surface area contributed by atoms with Crippen LogP contribution in [0.4, 0.5) is 8.78 Å². The van der Waals surface area contributed by atoms with E-state index in [0.717, 1.165) is 24.6 Å². The number of hydrogen-bond acceptors (Lipinski definition) is 1. The van der Waals surface area contributed by atoms with Crippen LogP contribution in [-0.4, -0.2) is 12.6 Å². The van der Waals surface area contributed by atoms with Crippen LogP contribution in [-0.2, 0) is 0 Å². The maximum absolute atomic E-state index is 13.5. The lowest BCUT2D eigenvalue weighted by Gasteiger charge is -2.26. The molecule has 3 heteroatoms. The Morgan fingerprint density at radius 1 is 0.900 bits per heavy atom. The smallest absolute Gasteiger partial charge is 0.126 e. The highest BCUT2D eigenvalue weighted by molar-refractivity contribution is 5.23. The van der Waals surface area contributed by atoms with Gasteiger partial charge in [0.15, 0.2) is 0 Å². The molecule has 0 radical (unpaired) electrons. The average Bonchev–Trinajstić information content (AvgIpc) is 3.22. The fourth-order valence-electron chi connectivity index (χ4n) is 3.46. The van der Waals surface area contributed by atoms with Gasteiger partial charge in [0.2, 0.25) is 0 Å². The molecule has 20 heavy (non-hydrogen) atoms. The molecule has 1 N–H and O–H groups in total. The molecule has 0 amide bonds. The summed E-state index contributed by atoms with van der Waals surface area (Å²) in [5.74, 6) is -0.0791. The summed E-state index contributed by atoms with van der Waals surface area (Å²) in [5.41, 5.74) is 0.854. The van der Waals surface area contributed by atoms with Crippen LogP contribution in [0.15, 0.2) is 18.2 Å². The quantitative estimate of drug-likeness (QED) is 0.806. The lowest BCUT2D eigenvalue weighted by molar-refractivity contribution is 0.372. The summed E-state index contributed by atoms with van der Waals surface area (Å²) in [6.07, 6.45) is 8.45. The second-order valence-electron chi connectivity index (χ2n) is 6.39. The molecular weight excluding hydrogens is 256 g/mol. The maximum atomic E-state index is 13.5. The average molecular weight is 279 g/mol. The zero-order valence-electron chi connectivity index (χ0n) is 11.9. The van der Waals surface area contributed by atoms with Gasteiger partial charge in [-0.2, -0.15) is 0 Å². The highest BCUT2D eigenvalue weighted by Crippen LogP contribution is 2.37. The van der Waals surface area contributed by atoms with Crippen molar-refractivity contribution >= 4 is 0 Å². The van der Waals surface area contributed by atoms with Crippen molar-refractivity contribution in [1.29, 1.82) is 0 Å². The van der Waals surface area contributed by atoms with Crippen LogP contribution in [0.5, 0.6) is 0 Å². The van der Waals surface area contributed by atoms with Crippen molar-refractivity contribution in [3.05, 3.63) is 35.4 Å². The molecule has 2 atom stereocenters. The molecule has 2 saturated carbocycles. The topological polar surface area (TPSA) is 12.0 Å². The van der Waals surface area contributed by atoms with Gasteiger partial charge in [0, 0.05) is 12.1 Å². The predicted molar refractivity (Wildman–Crippen MR) is 76.7 cm³/mol. The summed E-state index contributed by atoms with van der Waals surface area (Å²) in [4.78, 5) is 0. The third kappa shape index (κ3) is 3.57. The minimum Gasteiger partial charge on any atom is -0.314 e. The van der Waals surface area contributed by atoms with Gasteiger partial charge in [0.1, 0.15) is 11.6 Å². The van der Waals surface area contributed by atoms with E-state index in [1.165, 1.54) is 50.7 Å². The number of hydrogen-bond donors (Lipinski definition) is 1. The van der Waals surface area contributed by atoms with Crippen molar-refractivity contribution in [2.24, 2.45) is 5.92 Å². The second kappa shape index (κ2) is 6.21. The Bertz CT molecular complexity index is 436. The normalized spacial score (nSPS) is 27.3. The molecule has 2 fully saturated rings. The van der Waals surface area contributed by atoms with E-state index >= 15 is 0 Å². The van der Waals surface area contributed by atoms with E-state index < -0.39 is 11.6 Å². The Hall–Kier alpha value is -0.960. The molecule has 2 aliphatic rings. The Morgan fingerprint density at radius 3 is 2.30 bits per heavy atom. The first kappa shape index (κ1) is 14.0. The summed E-state index contributed by atoms with van der Waals surface area (Å²) in [7, 11) is 0. The van der Waals surface area contributed by atoms with Gasteiger partial charge in [-0.3, -0.25) is 0 Å². The van der Waals surface area contributed by atoms with Crippen LogP contribution in [0.2, 0.25) is 0 Å². The van der Waals surface area contributed by atoms with Gasteiger partial charge < -0.3 is 5.32 Å². The molecule has 3 rings (SSSR count). The molecule has 1 aromatic carbocycles. The minimum atomic E-state index is -0.446. The monoisotopic (exact) mass is 279 g/mol. The maximum Gasteiger partial charge on any atom is 0.126 e. The summed E-state index contributed by atoms with van der Waals surface area (Å²) < 4.78 is 27.0. The van der Waals surface area contributed by atoms with Crippen molar-refractivity contribution in [1.82, 2.24) is 5.32 Å². The van der Waals surface area contributed by atoms with Gasteiger partial charge in [-0.05, 0) is 61.8 Å². The molecule has 0 aromatic heterocycles. The molecule has 110 valence electrons. The Labute approximate surface area is 119 Å². The van der Waals surface area contributed by atoms with E-state index in [4.69, 9.17) is 0 Å². The van der Waals surface area contributed by atoms with E-state index in [0.29, 0.717) is 17.9 Å². The van der Waals surface area contributed by atoms with Gasteiger partial charge in [0.05, 0.1) is 0 Å². The van der Waals surface area contributed by atoms with E-state index in [9.17, 15) is 8.78 Å². The van der Waals surface area contributed by atoms with Gasteiger partial charge in [0.25, 0.3) is 0 Å². The summed E-state index contributed by atoms with van der Waals surface area (Å²) in [6, 6.07) is 4.73. The SMILES string of the molecule is Fc1cc(F)cc(C2CCCCCC2CNC2CC2)c1. The molecule has 2 unspecified atom stereocenters. The molecular formula is C17H23F2N. The summed E-state index contributed by atoms with van der Waals surface area (Å²) >= 11 is 0. The highest BCUT2D eigenvalue weighted by Gasteiger charge is 2.28. The van der Waals surface area contributed by atoms with Gasteiger partial charge >= 0.3 is 0 Å².